The van der Waals surface area contributed by atoms with E-state index in [1.807, 2.05) is 0 Å². The van der Waals surface area contributed by atoms with Gasteiger partial charge in [0.2, 0.25) is 5.95 Å². The van der Waals surface area contributed by atoms with E-state index in [1.165, 1.54) is 13.0 Å². The lowest BCUT2D eigenvalue weighted by molar-refractivity contribution is -0.141. The van der Waals surface area contributed by atoms with Gasteiger partial charge in [0.05, 0.1) is 11.3 Å². The van der Waals surface area contributed by atoms with Crippen LogP contribution < -0.4 is 5.73 Å². The fraction of sp³-hybridized carbons (Fsp3) is 0.167. The van der Waals surface area contributed by atoms with Crippen LogP contribution in [0, 0.1) is 18.6 Å². The van der Waals surface area contributed by atoms with Crippen molar-refractivity contribution in [2.24, 2.45) is 0 Å². The van der Waals surface area contributed by atoms with E-state index in [2.05, 4.69) is 9.97 Å². The Kier molecular flexibility index (Phi) is 3.33. The molecule has 0 spiro atoms. The zero-order valence-corrected chi connectivity index (χ0v) is 10.1. The molecule has 1 heterocycles. The van der Waals surface area contributed by atoms with E-state index in [1.54, 1.807) is 0 Å². The normalized spacial score (nSPS) is 11.7. The lowest BCUT2D eigenvalue weighted by Crippen LogP contribution is -2.12. The third kappa shape index (κ3) is 2.54. The first kappa shape index (κ1) is 14.2. The highest BCUT2D eigenvalue weighted by atomic mass is 19.4. The Labute approximate surface area is 110 Å². The highest BCUT2D eigenvalue weighted by Crippen LogP contribution is 2.32. The number of aryl methyl sites for hydroxylation is 1. The molecule has 0 unspecified atom stereocenters. The van der Waals surface area contributed by atoms with Crippen molar-refractivity contribution in [3.8, 4) is 11.3 Å². The van der Waals surface area contributed by atoms with Crippen LogP contribution in [0.5, 0.6) is 0 Å². The number of nitrogens with two attached hydrogens (primary N) is 1. The zero-order chi connectivity index (χ0) is 15.1. The molecule has 2 aromatic rings. The summed E-state index contributed by atoms with van der Waals surface area (Å²) in [7, 11) is 0. The Hall–Kier alpha value is -2.25. The summed E-state index contributed by atoms with van der Waals surface area (Å²) in [6.45, 7) is 1.35. The molecule has 1 aromatic carbocycles. The number of hydrogen-bond donors (Lipinski definition) is 1. The number of hydrogen-bond acceptors (Lipinski definition) is 3. The summed E-state index contributed by atoms with van der Waals surface area (Å²) < 4.78 is 65.4. The molecule has 2 rings (SSSR count). The van der Waals surface area contributed by atoms with Gasteiger partial charge in [0.15, 0.2) is 5.69 Å². The number of benzene rings is 1. The van der Waals surface area contributed by atoms with Crippen LogP contribution in [0.2, 0.25) is 0 Å². The molecular weight excluding hydrogens is 281 g/mol. The summed E-state index contributed by atoms with van der Waals surface area (Å²) in [4.78, 5) is 6.48. The van der Waals surface area contributed by atoms with Crippen LogP contribution in [-0.2, 0) is 6.18 Å². The van der Waals surface area contributed by atoms with Crippen molar-refractivity contribution in [2.45, 2.75) is 13.1 Å². The van der Waals surface area contributed by atoms with Gasteiger partial charge in [-0.15, -0.1) is 0 Å². The Morgan fingerprint density at radius 2 is 1.75 bits per heavy atom. The van der Waals surface area contributed by atoms with Gasteiger partial charge in [-0.2, -0.15) is 13.2 Å². The summed E-state index contributed by atoms with van der Waals surface area (Å²) in [5.74, 6) is -2.73. The number of alkyl halides is 3. The smallest absolute Gasteiger partial charge is 0.368 e. The Morgan fingerprint density at radius 3 is 2.35 bits per heavy atom. The number of halogens is 5. The lowest BCUT2D eigenvalue weighted by atomic mass is 10.1. The second-order valence-electron chi connectivity index (χ2n) is 4.05. The predicted octanol–water partition coefficient (Wildman–Crippen LogP) is 3.33. The minimum Gasteiger partial charge on any atom is -0.368 e. The maximum atomic E-state index is 13.9. The van der Waals surface area contributed by atoms with Gasteiger partial charge >= 0.3 is 6.18 Å². The van der Waals surface area contributed by atoms with Gasteiger partial charge in [-0.1, -0.05) is 6.07 Å². The monoisotopic (exact) mass is 289 g/mol. The quantitative estimate of drug-likeness (QED) is 0.819. The van der Waals surface area contributed by atoms with Gasteiger partial charge in [-0.05, 0) is 24.6 Å². The van der Waals surface area contributed by atoms with Crippen molar-refractivity contribution in [2.75, 3.05) is 5.73 Å². The highest BCUT2D eigenvalue weighted by molar-refractivity contribution is 5.63. The highest BCUT2D eigenvalue weighted by Gasteiger charge is 2.34. The Balaban J connectivity index is 2.71. The summed E-state index contributed by atoms with van der Waals surface area (Å²) in [6.07, 6.45) is -4.79. The Morgan fingerprint density at radius 1 is 1.10 bits per heavy atom. The first-order valence-corrected chi connectivity index (χ1v) is 5.37. The van der Waals surface area contributed by atoms with Gasteiger partial charge < -0.3 is 5.73 Å². The van der Waals surface area contributed by atoms with Gasteiger partial charge in [-0.25, -0.2) is 18.7 Å². The van der Waals surface area contributed by atoms with Gasteiger partial charge in [0.25, 0.3) is 0 Å². The molecule has 0 saturated carbocycles. The summed E-state index contributed by atoms with van der Waals surface area (Å²) in [5, 5.41) is 0. The van der Waals surface area contributed by atoms with E-state index in [9.17, 15) is 22.0 Å². The van der Waals surface area contributed by atoms with Crippen LogP contribution >= 0.6 is 0 Å². The largest absolute Gasteiger partial charge is 0.433 e. The molecule has 0 aliphatic heterocycles. The van der Waals surface area contributed by atoms with Crippen molar-refractivity contribution in [3.05, 3.63) is 41.1 Å². The Bertz CT molecular complexity index is 667. The molecule has 0 aliphatic carbocycles. The third-order valence-electron chi connectivity index (χ3n) is 2.57. The van der Waals surface area contributed by atoms with Crippen molar-refractivity contribution >= 4 is 5.95 Å². The van der Waals surface area contributed by atoms with Gasteiger partial charge in [0, 0.05) is 0 Å². The number of nitrogens with zero attached hydrogens (tertiary/aromatic N) is 2. The van der Waals surface area contributed by atoms with E-state index < -0.39 is 40.7 Å². The van der Waals surface area contributed by atoms with E-state index >= 15 is 0 Å². The zero-order valence-electron chi connectivity index (χ0n) is 10.1. The fourth-order valence-electron chi connectivity index (χ4n) is 1.63. The molecule has 106 valence electrons. The molecule has 20 heavy (non-hydrogen) atoms. The molecule has 8 heteroatoms. The number of rotatable bonds is 1. The van der Waals surface area contributed by atoms with E-state index in [0.29, 0.717) is 6.07 Å². The molecule has 3 nitrogen and oxygen atoms in total. The maximum Gasteiger partial charge on any atom is 0.433 e. The van der Waals surface area contributed by atoms with Crippen LogP contribution in [0.4, 0.5) is 27.9 Å². The molecule has 1 aromatic heterocycles. The van der Waals surface area contributed by atoms with Gasteiger partial charge in [-0.3, -0.25) is 0 Å². The summed E-state index contributed by atoms with van der Waals surface area (Å²) >= 11 is 0. The summed E-state index contributed by atoms with van der Waals surface area (Å²) in [5.41, 5.74) is 2.67. The molecule has 0 fully saturated rings. The third-order valence-corrected chi connectivity index (χ3v) is 2.57. The first-order valence-electron chi connectivity index (χ1n) is 5.37. The number of anilines is 1. The van der Waals surface area contributed by atoms with Crippen molar-refractivity contribution in [1.29, 1.82) is 0 Å². The SMILES string of the molecule is Cc1ccc(F)c(-c2cc(C(F)(F)F)nc(N)n2)c1F. The molecule has 0 radical (unpaired) electrons. The van der Waals surface area contributed by atoms with E-state index in [4.69, 9.17) is 5.73 Å². The fourth-order valence-corrected chi connectivity index (χ4v) is 1.63. The van der Waals surface area contributed by atoms with Crippen LogP contribution in [0.1, 0.15) is 11.3 Å². The minimum absolute atomic E-state index is 0.0761. The number of nitrogen functional groups attached to an aromatic ring is 1. The molecule has 0 amide bonds. The molecule has 0 bridgehead atoms. The molecular formula is C12H8F5N3. The minimum atomic E-state index is -4.79. The van der Waals surface area contributed by atoms with E-state index in [0.717, 1.165) is 6.07 Å². The average molecular weight is 289 g/mol. The lowest BCUT2D eigenvalue weighted by Gasteiger charge is -2.10. The number of aromatic nitrogens is 2. The second-order valence-corrected chi connectivity index (χ2v) is 4.05. The molecule has 0 aliphatic rings. The van der Waals surface area contributed by atoms with Crippen molar-refractivity contribution < 1.29 is 22.0 Å². The van der Waals surface area contributed by atoms with Crippen molar-refractivity contribution in [1.82, 2.24) is 9.97 Å². The topological polar surface area (TPSA) is 51.8 Å². The summed E-state index contributed by atoms with van der Waals surface area (Å²) in [6, 6.07) is 2.57. The van der Waals surface area contributed by atoms with E-state index in [-0.39, 0.29) is 5.56 Å². The first-order chi connectivity index (χ1) is 9.20. The van der Waals surface area contributed by atoms with Crippen LogP contribution in [0.15, 0.2) is 18.2 Å². The van der Waals surface area contributed by atoms with Crippen LogP contribution in [0.3, 0.4) is 0 Å². The maximum absolute atomic E-state index is 13.9. The van der Waals surface area contributed by atoms with Crippen molar-refractivity contribution in [3.63, 3.8) is 0 Å². The predicted molar refractivity (Wildman–Crippen MR) is 61.5 cm³/mol. The molecule has 0 saturated heterocycles. The molecule has 0 atom stereocenters. The standard InChI is InChI=1S/C12H8F5N3/c1-5-2-3-6(13)9(10(5)14)7-4-8(12(15,16)17)20-11(18)19-7/h2-4H,1H3,(H2,18,19,20). The van der Waals surface area contributed by atoms with Crippen LogP contribution in [-0.4, -0.2) is 9.97 Å². The van der Waals surface area contributed by atoms with Crippen LogP contribution in [0.25, 0.3) is 11.3 Å². The average Bonchev–Trinajstić information content (AvgIpc) is 2.33. The van der Waals surface area contributed by atoms with Gasteiger partial charge in [0.1, 0.15) is 11.6 Å². The molecule has 2 N–H and O–H groups in total. The second kappa shape index (κ2) is 4.69.